The van der Waals surface area contributed by atoms with Crippen molar-refractivity contribution in [1.29, 1.82) is 0 Å². The van der Waals surface area contributed by atoms with Gasteiger partial charge in [0.15, 0.2) is 0 Å². The number of rotatable bonds is 6. The zero-order valence-electron chi connectivity index (χ0n) is 13.8. The van der Waals surface area contributed by atoms with Crippen LogP contribution in [0.4, 0.5) is 4.79 Å². The first-order valence-electron chi connectivity index (χ1n) is 7.57. The fraction of sp³-hybridized carbons (Fsp3) is 0.625. The second kappa shape index (κ2) is 8.46. The Kier molecular flexibility index (Phi) is 6.95. The smallest absolute Gasteiger partial charge is 0.407 e. The Labute approximate surface area is 131 Å². The second-order valence-electron chi connectivity index (χ2n) is 5.97. The van der Waals surface area contributed by atoms with Crippen molar-refractivity contribution in [3.05, 3.63) is 23.9 Å². The van der Waals surface area contributed by atoms with Crippen molar-refractivity contribution in [1.82, 2.24) is 10.6 Å². The van der Waals surface area contributed by atoms with Gasteiger partial charge in [0.05, 0.1) is 12.5 Å². The molecule has 0 aromatic heterocycles. The predicted molar refractivity (Wildman–Crippen MR) is 84.2 cm³/mol. The van der Waals surface area contributed by atoms with Crippen LogP contribution in [0.15, 0.2) is 23.9 Å². The molecule has 1 rings (SSSR count). The maximum atomic E-state index is 11.6. The van der Waals surface area contributed by atoms with Crippen LogP contribution >= 0.6 is 0 Å². The molecule has 0 saturated heterocycles. The Morgan fingerprint density at radius 3 is 2.59 bits per heavy atom. The summed E-state index contributed by atoms with van der Waals surface area (Å²) in [4.78, 5) is 23.0. The van der Waals surface area contributed by atoms with Crippen LogP contribution in [0.3, 0.4) is 0 Å². The molecule has 1 atom stereocenters. The third-order valence-corrected chi connectivity index (χ3v) is 2.81. The van der Waals surface area contributed by atoms with E-state index in [1.165, 1.54) is 0 Å². The van der Waals surface area contributed by atoms with Crippen LogP contribution in [-0.2, 0) is 14.3 Å². The lowest BCUT2D eigenvalue weighted by molar-refractivity contribution is -0.146. The summed E-state index contributed by atoms with van der Waals surface area (Å²) in [6, 6.07) is 0. The molecule has 0 aliphatic heterocycles. The molecule has 0 aromatic carbocycles. The topological polar surface area (TPSA) is 76.7 Å². The molecule has 0 fully saturated rings. The molecule has 0 heterocycles. The monoisotopic (exact) mass is 310 g/mol. The molecule has 0 bridgehead atoms. The Bertz CT molecular complexity index is 450. The second-order valence-corrected chi connectivity index (χ2v) is 5.97. The van der Waals surface area contributed by atoms with Gasteiger partial charge >= 0.3 is 12.1 Å². The van der Waals surface area contributed by atoms with Gasteiger partial charge in [-0.2, -0.15) is 0 Å². The Hall–Kier alpha value is -1.98. The van der Waals surface area contributed by atoms with E-state index in [0.29, 0.717) is 26.1 Å². The number of nitrogens with one attached hydrogen (secondary N) is 2. The molecule has 1 amide bonds. The third-order valence-electron chi connectivity index (χ3n) is 2.81. The van der Waals surface area contributed by atoms with Crippen molar-refractivity contribution >= 4 is 12.1 Å². The first kappa shape index (κ1) is 18.1. The number of hydrogen-bond acceptors (Lipinski definition) is 5. The third kappa shape index (κ3) is 7.15. The largest absolute Gasteiger partial charge is 0.466 e. The van der Waals surface area contributed by atoms with Crippen LogP contribution in [0.5, 0.6) is 0 Å². The average molecular weight is 310 g/mol. The highest BCUT2D eigenvalue weighted by atomic mass is 16.6. The van der Waals surface area contributed by atoms with Gasteiger partial charge in [-0.15, -0.1) is 0 Å². The molecule has 0 radical (unpaired) electrons. The van der Waals surface area contributed by atoms with Crippen molar-refractivity contribution in [2.45, 2.75) is 39.7 Å². The molecule has 1 unspecified atom stereocenters. The molecular weight excluding hydrogens is 284 g/mol. The van der Waals surface area contributed by atoms with Gasteiger partial charge in [-0.25, -0.2) is 4.79 Å². The number of amides is 1. The van der Waals surface area contributed by atoms with Crippen molar-refractivity contribution in [2.75, 3.05) is 19.7 Å². The van der Waals surface area contributed by atoms with Gasteiger partial charge in [0.25, 0.3) is 0 Å². The quantitative estimate of drug-likeness (QED) is 0.580. The molecule has 0 aromatic rings. The van der Waals surface area contributed by atoms with Gasteiger partial charge in [0.2, 0.25) is 0 Å². The summed E-state index contributed by atoms with van der Waals surface area (Å²) in [7, 11) is 0. The Morgan fingerprint density at radius 2 is 2.05 bits per heavy atom. The molecule has 0 saturated carbocycles. The van der Waals surface area contributed by atoms with Crippen molar-refractivity contribution in [2.24, 2.45) is 5.92 Å². The van der Waals surface area contributed by atoms with Crippen molar-refractivity contribution in [3.63, 3.8) is 0 Å². The summed E-state index contributed by atoms with van der Waals surface area (Å²) in [6.45, 7) is 8.70. The van der Waals surface area contributed by atoms with Crippen LogP contribution < -0.4 is 10.6 Å². The molecular formula is C16H26N2O4. The Morgan fingerprint density at radius 1 is 1.32 bits per heavy atom. The SMILES string of the molecule is CCOC(=O)C1C=CC(NCCNC(=O)OC(C)(C)C)=CC1. The lowest BCUT2D eigenvalue weighted by Gasteiger charge is -2.20. The lowest BCUT2D eigenvalue weighted by Crippen LogP contribution is -2.36. The highest BCUT2D eigenvalue weighted by Gasteiger charge is 2.18. The van der Waals surface area contributed by atoms with E-state index in [4.69, 9.17) is 9.47 Å². The fourth-order valence-electron chi connectivity index (χ4n) is 1.86. The number of hydrogen-bond donors (Lipinski definition) is 2. The minimum Gasteiger partial charge on any atom is -0.466 e. The number of alkyl carbamates (subject to hydrolysis) is 1. The lowest BCUT2D eigenvalue weighted by atomic mass is 9.99. The van der Waals surface area contributed by atoms with E-state index in [-0.39, 0.29) is 11.9 Å². The average Bonchev–Trinajstić information content (AvgIpc) is 2.42. The summed E-state index contributed by atoms with van der Waals surface area (Å²) in [5, 5.41) is 5.86. The van der Waals surface area contributed by atoms with Gasteiger partial charge in [-0.1, -0.05) is 12.2 Å². The maximum Gasteiger partial charge on any atom is 0.407 e. The van der Waals surface area contributed by atoms with E-state index in [9.17, 15) is 9.59 Å². The van der Waals surface area contributed by atoms with Gasteiger partial charge < -0.3 is 20.1 Å². The van der Waals surface area contributed by atoms with E-state index < -0.39 is 11.7 Å². The molecule has 2 N–H and O–H groups in total. The molecule has 6 heteroatoms. The minimum absolute atomic E-state index is 0.194. The fourth-order valence-corrected chi connectivity index (χ4v) is 1.86. The number of esters is 1. The van der Waals surface area contributed by atoms with E-state index in [1.807, 2.05) is 39.0 Å². The van der Waals surface area contributed by atoms with E-state index in [1.54, 1.807) is 6.92 Å². The number of ether oxygens (including phenoxy) is 2. The molecule has 1 aliphatic carbocycles. The highest BCUT2D eigenvalue weighted by molar-refractivity contribution is 5.75. The van der Waals surface area contributed by atoms with E-state index in [2.05, 4.69) is 10.6 Å². The summed E-state index contributed by atoms with van der Waals surface area (Å²) in [5.74, 6) is -0.397. The first-order valence-corrected chi connectivity index (χ1v) is 7.57. The zero-order valence-corrected chi connectivity index (χ0v) is 13.8. The standard InChI is InChI=1S/C16H26N2O4/c1-5-21-14(19)12-6-8-13(9-7-12)17-10-11-18-15(20)22-16(2,3)4/h6,8-9,12,17H,5,7,10-11H2,1-4H3,(H,18,20). The normalized spacial score (nSPS) is 17.5. The van der Waals surface area contributed by atoms with Crippen LogP contribution in [0.25, 0.3) is 0 Å². The zero-order chi connectivity index (χ0) is 16.6. The summed E-state index contributed by atoms with van der Waals surface area (Å²) in [5.41, 5.74) is 0.445. The summed E-state index contributed by atoms with van der Waals surface area (Å²) < 4.78 is 10.1. The first-order chi connectivity index (χ1) is 10.3. The molecule has 6 nitrogen and oxygen atoms in total. The van der Waals surface area contributed by atoms with Gasteiger partial charge in [0.1, 0.15) is 5.60 Å². The summed E-state index contributed by atoms with van der Waals surface area (Å²) >= 11 is 0. The molecule has 0 spiro atoms. The maximum absolute atomic E-state index is 11.6. The Balaban J connectivity index is 2.21. The molecule has 22 heavy (non-hydrogen) atoms. The van der Waals surface area contributed by atoms with E-state index >= 15 is 0 Å². The van der Waals surface area contributed by atoms with Gasteiger partial charge in [-0.05, 0) is 40.2 Å². The van der Waals surface area contributed by atoms with Gasteiger partial charge in [-0.3, -0.25) is 4.79 Å². The highest BCUT2D eigenvalue weighted by Crippen LogP contribution is 2.16. The van der Waals surface area contributed by atoms with Gasteiger partial charge in [0, 0.05) is 18.8 Å². The molecule has 124 valence electrons. The number of carbonyl (C=O) groups excluding carboxylic acids is 2. The van der Waals surface area contributed by atoms with Crippen LogP contribution in [0, 0.1) is 5.92 Å². The van der Waals surface area contributed by atoms with Crippen molar-refractivity contribution < 1.29 is 19.1 Å². The van der Waals surface area contributed by atoms with Crippen LogP contribution in [0.1, 0.15) is 34.1 Å². The summed E-state index contributed by atoms with van der Waals surface area (Å²) in [6.07, 6.45) is 5.84. The number of carbonyl (C=O) groups is 2. The minimum atomic E-state index is -0.492. The van der Waals surface area contributed by atoms with Crippen molar-refractivity contribution in [3.8, 4) is 0 Å². The number of allylic oxidation sites excluding steroid dienone is 2. The molecule has 1 aliphatic rings. The van der Waals surface area contributed by atoms with Crippen LogP contribution in [0.2, 0.25) is 0 Å². The van der Waals surface area contributed by atoms with E-state index in [0.717, 1.165) is 5.70 Å². The van der Waals surface area contributed by atoms with Crippen LogP contribution in [-0.4, -0.2) is 37.4 Å². The predicted octanol–water partition coefficient (Wildman–Crippen LogP) is 2.12.